The highest BCUT2D eigenvalue weighted by molar-refractivity contribution is 6.76. The van der Waals surface area contributed by atoms with Gasteiger partial charge in [0.2, 0.25) is 0 Å². The molecule has 2 aromatic heterocycles. The molecular formula is C30H47ClN4O2Si2. The molecule has 0 bridgehead atoms. The molecule has 1 saturated carbocycles. The van der Waals surface area contributed by atoms with Crippen LogP contribution in [0.1, 0.15) is 37.1 Å². The fourth-order valence-corrected chi connectivity index (χ4v) is 7.60. The number of ether oxygens (including phenoxy) is 2. The molecule has 0 unspecified atom stereocenters. The first-order valence-corrected chi connectivity index (χ1v) is 22.5. The maximum Gasteiger partial charge on any atom is 0.163 e. The van der Waals surface area contributed by atoms with Crippen LogP contribution < -0.4 is 0 Å². The van der Waals surface area contributed by atoms with Gasteiger partial charge in [-0.15, -0.1) is 0 Å². The SMILES string of the molecule is CCc1cc(Cl)c2c(c1)nc(-c1nn(COCC[Si](C)(C)C)c3c1C[C@@H]1C[C@]1(C)C3)n2COCC[Si](C)(C)C. The van der Waals surface area contributed by atoms with Gasteiger partial charge in [-0.25, -0.2) is 9.67 Å². The van der Waals surface area contributed by atoms with Crippen molar-refractivity contribution in [2.24, 2.45) is 11.3 Å². The Balaban J connectivity index is 1.53. The average Bonchev–Trinajstić information content (AvgIpc) is 3.18. The highest BCUT2D eigenvalue weighted by Gasteiger charge is 2.54. The second kappa shape index (κ2) is 10.7. The van der Waals surface area contributed by atoms with E-state index < -0.39 is 16.1 Å². The molecule has 39 heavy (non-hydrogen) atoms. The van der Waals surface area contributed by atoms with E-state index in [1.54, 1.807) is 0 Å². The highest BCUT2D eigenvalue weighted by atomic mass is 35.5. The predicted octanol–water partition coefficient (Wildman–Crippen LogP) is 7.87. The van der Waals surface area contributed by atoms with Crippen molar-refractivity contribution in [3.63, 3.8) is 0 Å². The number of rotatable bonds is 12. The van der Waals surface area contributed by atoms with Crippen LogP contribution in [0.4, 0.5) is 0 Å². The van der Waals surface area contributed by atoms with Crippen molar-refractivity contribution in [3.8, 4) is 11.5 Å². The molecule has 0 amide bonds. The summed E-state index contributed by atoms with van der Waals surface area (Å²) in [6.45, 7) is 21.4. The Kier molecular flexibility index (Phi) is 8.01. The first-order chi connectivity index (χ1) is 18.3. The van der Waals surface area contributed by atoms with Crippen LogP contribution in [0, 0.1) is 11.3 Å². The molecule has 0 radical (unpaired) electrons. The first-order valence-electron chi connectivity index (χ1n) is 14.7. The predicted molar refractivity (Wildman–Crippen MR) is 167 cm³/mol. The van der Waals surface area contributed by atoms with Gasteiger partial charge in [0.05, 0.1) is 16.1 Å². The number of hydrogen-bond donors (Lipinski definition) is 0. The summed E-state index contributed by atoms with van der Waals surface area (Å²) in [5.74, 6) is 1.60. The van der Waals surface area contributed by atoms with Crippen LogP contribution in [-0.4, -0.2) is 48.7 Å². The molecule has 0 saturated heterocycles. The van der Waals surface area contributed by atoms with Crippen LogP contribution >= 0.6 is 11.6 Å². The van der Waals surface area contributed by atoms with Gasteiger partial charge in [0.15, 0.2) is 5.82 Å². The number of imidazole rings is 1. The van der Waals surface area contributed by atoms with Gasteiger partial charge in [-0.1, -0.05) is 64.7 Å². The lowest BCUT2D eigenvalue weighted by atomic mass is 9.87. The molecule has 5 rings (SSSR count). The molecule has 6 nitrogen and oxygen atoms in total. The van der Waals surface area contributed by atoms with E-state index in [1.807, 2.05) is 0 Å². The van der Waals surface area contributed by atoms with E-state index >= 15 is 0 Å². The van der Waals surface area contributed by atoms with E-state index in [4.69, 9.17) is 31.2 Å². The number of aromatic nitrogens is 4. The second-order valence-electron chi connectivity index (χ2n) is 14.6. The first kappa shape index (κ1) is 29.1. The molecule has 2 heterocycles. The molecule has 0 spiro atoms. The molecule has 214 valence electrons. The van der Waals surface area contributed by atoms with Crippen molar-refractivity contribution < 1.29 is 9.47 Å². The molecule has 0 N–H and O–H groups in total. The number of hydrogen-bond acceptors (Lipinski definition) is 4. The third-order valence-corrected chi connectivity index (χ3v) is 12.3. The molecule has 2 atom stereocenters. The minimum absolute atomic E-state index is 0.403. The fourth-order valence-electron chi connectivity index (χ4n) is 5.75. The lowest BCUT2D eigenvalue weighted by Gasteiger charge is -2.20. The zero-order valence-corrected chi connectivity index (χ0v) is 28.0. The van der Waals surface area contributed by atoms with Crippen molar-refractivity contribution in [2.45, 2.75) is 104 Å². The van der Waals surface area contributed by atoms with Crippen molar-refractivity contribution >= 4 is 38.8 Å². The molecule has 2 aliphatic carbocycles. The van der Waals surface area contributed by atoms with Crippen molar-refractivity contribution in [3.05, 3.63) is 34.0 Å². The summed E-state index contributed by atoms with van der Waals surface area (Å²) in [5, 5.41) is 5.94. The third-order valence-electron chi connectivity index (χ3n) is 8.63. The van der Waals surface area contributed by atoms with E-state index in [2.05, 4.69) is 74.5 Å². The molecule has 1 aromatic carbocycles. The standard InChI is InChI=1S/C30H47ClN4O2Si2/c1-9-21-14-24(31)28-25(15-21)32-29(34(28)19-36-10-12-38(3,4)5)27-23-16-22-17-30(22,2)18-26(23)35(33-27)20-37-11-13-39(6,7)8/h14-15,22H,9-13,16-20H2,1-8H3/t22-,30-/m1/s1. The molecular weight excluding hydrogens is 540 g/mol. The summed E-state index contributed by atoms with van der Waals surface area (Å²) >= 11 is 6.90. The number of benzene rings is 1. The van der Waals surface area contributed by atoms with E-state index in [0.717, 1.165) is 78.1 Å². The Bertz CT molecular complexity index is 1350. The Morgan fingerprint density at radius 1 is 1.03 bits per heavy atom. The molecule has 3 aromatic rings. The largest absolute Gasteiger partial charge is 0.361 e. The van der Waals surface area contributed by atoms with Gasteiger partial charge in [-0.05, 0) is 66.8 Å². The van der Waals surface area contributed by atoms with Crippen molar-refractivity contribution in [1.29, 1.82) is 0 Å². The van der Waals surface area contributed by atoms with Gasteiger partial charge in [-0.2, -0.15) is 5.10 Å². The number of nitrogens with zero attached hydrogens (tertiary/aromatic N) is 4. The topological polar surface area (TPSA) is 54.1 Å². The van der Waals surface area contributed by atoms with Gasteiger partial charge in [0.1, 0.15) is 19.2 Å². The van der Waals surface area contributed by atoms with E-state index in [0.29, 0.717) is 18.9 Å². The lowest BCUT2D eigenvalue weighted by molar-refractivity contribution is 0.0756. The van der Waals surface area contributed by atoms with Gasteiger partial charge >= 0.3 is 0 Å². The number of fused-ring (bicyclic) bond motifs is 3. The zero-order chi connectivity index (χ0) is 28.2. The monoisotopic (exact) mass is 586 g/mol. The maximum absolute atomic E-state index is 6.90. The van der Waals surface area contributed by atoms with E-state index in [9.17, 15) is 0 Å². The summed E-state index contributed by atoms with van der Waals surface area (Å²) in [7, 11) is -2.34. The molecule has 9 heteroatoms. The summed E-state index contributed by atoms with van der Waals surface area (Å²) < 4.78 is 16.8. The smallest absolute Gasteiger partial charge is 0.163 e. The van der Waals surface area contributed by atoms with Crippen LogP contribution in [0.15, 0.2) is 12.1 Å². The van der Waals surface area contributed by atoms with Crippen LogP contribution in [0.5, 0.6) is 0 Å². The van der Waals surface area contributed by atoms with Gasteiger partial charge < -0.3 is 9.47 Å². The lowest BCUT2D eigenvalue weighted by Crippen LogP contribution is -2.23. The summed E-state index contributed by atoms with van der Waals surface area (Å²) in [5.41, 5.74) is 7.11. The van der Waals surface area contributed by atoms with E-state index in [-0.39, 0.29) is 0 Å². The molecule has 0 aliphatic heterocycles. The quantitative estimate of drug-likeness (QED) is 0.160. The van der Waals surface area contributed by atoms with Crippen LogP contribution in [0.3, 0.4) is 0 Å². The third kappa shape index (κ3) is 6.40. The Morgan fingerprint density at radius 2 is 1.69 bits per heavy atom. The summed E-state index contributed by atoms with van der Waals surface area (Å²) in [4.78, 5) is 5.18. The zero-order valence-electron chi connectivity index (χ0n) is 25.3. The maximum atomic E-state index is 6.90. The minimum atomic E-state index is -1.19. The van der Waals surface area contributed by atoms with Crippen LogP contribution in [0.25, 0.3) is 22.6 Å². The Labute approximate surface area is 241 Å². The minimum Gasteiger partial charge on any atom is -0.361 e. The average molecular weight is 587 g/mol. The molecule has 2 aliphatic rings. The van der Waals surface area contributed by atoms with Crippen molar-refractivity contribution in [2.75, 3.05) is 13.2 Å². The highest BCUT2D eigenvalue weighted by Crippen LogP contribution is 2.60. The summed E-state index contributed by atoms with van der Waals surface area (Å²) in [6, 6.07) is 6.53. The van der Waals surface area contributed by atoms with E-state index in [1.165, 1.54) is 23.2 Å². The Morgan fingerprint density at radius 3 is 2.33 bits per heavy atom. The van der Waals surface area contributed by atoms with Gasteiger partial charge in [0.25, 0.3) is 0 Å². The fraction of sp³-hybridized carbons (Fsp3) is 0.667. The second-order valence-corrected chi connectivity index (χ2v) is 26.2. The van der Waals surface area contributed by atoms with Crippen LogP contribution in [-0.2, 0) is 42.2 Å². The van der Waals surface area contributed by atoms with Gasteiger partial charge in [0, 0.05) is 40.6 Å². The molecule has 1 fully saturated rings. The Hall–Kier alpha value is -1.46. The van der Waals surface area contributed by atoms with Gasteiger partial charge in [-0.3, -0.25) is 4.57 Å². The normalized spacial score (nSPS) is 20.9. The number of halogens is 1. The number of aryl methyl sites for hydroxylation is 1. The van der Waals surface area contributed by atoms with Crippen LogP contribution in [0.2, 0.25) is 56.4 Å². The summed E-state index contributed by atoms with van der Waals surface area (Å²) in [6.07, 6.45) is 4.33. The van der Waals surface area contributed by atoms with Crippen molar-refractivity contribution in [1.82, 2.24) is 19.3 Å².